The number of benzene rings is 1. The highest BCUT2D eigenvalue weighted by Gasteiger charge is 2.22. The minimum Gasteiger partial charge on any atom is -0.508 e. The maximum atomic E-state index is 9.33. The molecule has 1 fully saturated rings. The van der Waals surface area contributed by atoms with Gasteiger partial charge in [-0.05, 0) is 43.1 Å². The van der Waals surface area contributed by atoms with Gasteiger partial charge in [0.1, 0.15) is 5.75 Å². The van der Waals surface area contributed by atoms with Gasteiger partial charge in [0, 0.05) is 6.04 Å². The summed E-state index contributed by atoms with van der Waals surface area (Å²) in [6.45, 7) is 2.04. The average Bonchev–Trinajstić information content (AvgIpc) is 2.69. The molecule has 2 rings (SSSR count). The van der Waals surface area contributed by atoms with Gasteiger partial charge in [0.25, 0.3) is 0 Å². The fourth-order valence-electron chi connectivity index (χ4n) is 1.99. The van der Waals surface area contributed by atoms with E-state index in [1.165, 1.54) is 0 Å². The third kappa shape index (κ3) is 1.89. The highest BCUT2D eigenvalue weighted by atomic mass is 16.3. The molecule has 1 aromatic carbocycles. The van der Waals surface area contributed by atoms with E-state index in [0.717, 1.165) is 25.1 Å². The Hall–Kier alpha value is -1.06. The van der Waals surface area contributed by atoms with Gasteiger partial charge in [-0.15, -0.1) is 0 Å². The van der Waals surface area contributed by atoms with Gasteiger partial charge in [-0.2, -0.15) is 0 Å². The van der Waals surface area contributed by atoms with Gasteiger partial charge in [-0.25, -0.2) is 0 Å². The zero-order valence-corrected chi connectivity index (χ0v) is 8.11. The van der Waals surface area contributed by atoms with Gasteiger partial charge in [-0.1, -0.05) is 12.1 Å². The highest BCUT2D eigenvalue weighted by Crippen LogP contribution is 2.26. The molecule has 1 aliphatic rings. The third-order valence-electron chi connectivity index (χ3n) is 2.86. The second-order valence-electron chi connectivity index (χ2n) is 3.87. The first-order chi connectivity index (χ1) is 6.77. The van der Waals surface area contributed by atoms with Gasteiger partial charge in [-0.3, -0.25) is 0 Å². The van der Waals surface area contributed by atoms with Crippen molar-refractivity contribution in [2.75, 3.05) is 13.1 Å². The highest BCUT2D eigenvalue weighted by molar-refractivity contribution is 5.29. The third-order valence-corrected chi connectivity index (χ3v) is 2.86. The summed E-state index contributed by atoms with van der Waals surface area (Å²) in [6.07, 6.45) is 1.12. The Bertz CT molecular complexity index is 308. The Morgan fingerprint density at radius 1 is 1.50 bits per heavy atom. The summed E-state index contributed by atoms with van der Waals surface area (Å²) < 4.78 is 0. The second kappa shape index (κ2) is 3.98. The first-order valence-electron chi connectivity index (χ1n) is 5.02. The quantitative estimate of drug-likeness (QED) is 0.655. The average molecular weight is 192 g/mol. The number of hydrogen-bond acceptors (Lipinski definition) is 3. The number of phenols is 1. The van der Waals surface area contributed by atoms with Crippen molar-refractivity contribution in [1.82, 2.24) is 5.32 Å². The molecule has 1 heterocycles. The van der Waals surface area contributed by atoms with Crippen LogP contribution in [0, 0.1) is 5.92 Å². The van der Waals surface area contributed by atoms with Crippen LogP contribution in [0.5, 0.6) is 5.75 Å². The largest absolute Gasteiger partial charge is 0.508 e. The maximum absolute atomic E-state index is 9.33. The molecule has 3 nitrogen and oxygen atoms in total. The zero-order chi connectivity index (χ0) is 9.97. The van der Waals surface area contributed by atoms with Crippen LogP contribution in [-0.4, -0.2) is 18.2 Å². The normalized spacial score (nSPS) is 23.6. The van der Waals surface area contributed by atoms with E-state index >= 15 is 0 Å². The van der Waals surface area contributed by atoms with Crippen LogP contribution >= 0.6 is 0 Å². The van der Waals surface area contributed by atoms with Gasteiger partial charge in [0.2, 0.25) is 0 Å². The lowest BCUT2D eigenvalue weighted by molar-refractivity contribution is 0.456. The minimum atomic E-state index is 0.0390. The molecule has 0 bridgehead atoms. The smallest absolute Gasteiger partial charge is 0.115 e. The molecule has 76 valence electrons. The number of nitrogens with two attached hydrogens (primary N) is 1. The van der Waals surface area contributed by atoms with Gasteiger partial charge < -0.3 is 16.2 Å². The summed E-state index contributed by atoms with van der Waals surface area (Å²) in [7, 11) is 0. The molecule has 4 N–H and O–H groups in total. The van der Waals surface area contributed by atoms with Crippen LogP contribution in [0.4, 0.5) is 0 Å². The van der Waals surface area contributed by atoms with Crippen LogP contribution in [-0.2, 0) is 0 Å². The van der Waals surface area contributed by atoms with E-state index in [0.29, 0.717) is 11.7 Å². The number of phenolic OH excluding ortho intramolecular Hbond substituents is 1. The predicted molar refractivity (Wildman–Crippen MR) is 56.0 cm³/mol. The molecule has 0 aromatic heterocycles. The predicted octanol–water partition coefficient (Wildman–Crippen LogP) is 1.00. The van der Waals surface area contributed by atoms with E-state index in [9.17, 15) is 5.11 Å². The van der Waals surface area contributed by atoms with Crippen molar-refractivity contribution in [1.29, 1.82) is 0 Å². The topological polar surface area (TPSA) is 58.3 Å². The van der Waals surface area contributed by atoms with Crippen LogP contribution in [0.2, 0.25) is 0 Å². The Morgan fingerprint density at radius 3 is 3.00 bits per heavy atom. The molecule has 1 aliphatic heterocycles. The van der Waals surface area contributed by atoms with Crippen molar-refractivity contribution in [2.24, 2.45) is 11.7 Å². The summed E-state index contributed by atoms with van der Waals surface area (Å²) in [5, 5.41) is 12.6. The van der Waals surface area contributed by atoms with Crippen LogP contribution in [0.15, 0.2) is 24.3 Å². The fraction of sp³-hybridized carbons (Fsp3) is 0.455. The molecule has 3 heteroatoms. The Kier molecular flexibility index (Phi) is 2.70. The minimum absolute atomic E-state index is 0.0390. The molecule has 2 unspecified atom stereocenters. The van der Waals surface area contributed by atoms with Crippen molar-refractivity contribution in [3.8, 4) is 5.75 Å². The summed E-state index contributed by atoms with van der Waals surface area (Å²) >= 11 is 0. The lowest BCUT2D eigenvalue weighted by atomic mass is 9.93. The van der Waals surface area contributed by atoms with Gasteiger partial charge in [0.05, 0.1) is 0 Å². The summed E-state index contributed by atoms with van der Waals surface area (Å²) in [5.41, 5.74) is 7.14. The van der Waals surface area contributed by atoms with E-state index in [1.807, 2.05) is 12.1 Å². The molecule has 2 atom stereocenters. The summed E-state index contributed by atoms with van der Waals surface area (Å²) in [5.74, 6) is 0.792. The van der Waals surface area contributed by atoms with Crippen molar-refractivity contribution in [2.45, 2.75) is 12.5 Å². The fourth-order valence-corrected chi connectivity index (χ4v) is 1.99. The van der Waals surface area contributed by atoms with Crippen LogP contribution in [0.3, 0.4) is 0 Å². The molecule has 0 spiro atoms. The zero-order valence-electron chi connectivity index (χ0n) is 8.11. The van der Waals surface area contributed by atoms with Crippen LogP contribution in [0.1, 0.15) is 18.0 Å². The monoisotopic (exact) mass is 192 g/mol. The molecule has 0 saturated carbocycles. The number of rotatable bonds is 2. The Labute approximate surface area is 83.9 Å². The van der Waals surface area contributed by atoms with E-state index in [4.69, 9.17) is 5.73 Å². The molecular weight excluding hydrogens is 176 g/mol. The Balaban J connectivity index is 2.13. The van der Waals surface area contributed by atoms with Crippen molar-refractivity contribution >= 4 is 0 Å². The van der Waals surface area contributed by atoms with Crippen molar-refractivity contribution < 1.29 is 5.11 Å². The maximum Gasteiger partial charge on any atom is 0.115 e. The number of aromatic hydroxyl groups is 1. The molecule has 0 radical (unpaired) electrons. The van der Waals surface area contributed by atoms with Crippen molar-refractivity contribution in [3.63, 3.8) is 0 Å². The molecule has 0 aliphatic carbocycles. The lowest BCUT2D eigenvalue weighted by Gasteiger charge is -2.18. The Morgan fingerprint density at radius 2 is 2.36 bits per heavy atom. The first-order valence-corrected chi connectivity index (χ1v) is 5.02. The number of hydrogen-bond donors (Lipinski definition) is 3. The molecule has 0 amide bonds. The molecular formula is C11H16N2O. The van der Waals surface area contributed by atoms with Crippen molar-refractivity contribution in [3.05, 3.63) is 29.8 Å². The van der Waals surface area contributed by atoms with E-state index < -0.39 is 0 Å². The lowest BCUT2D eigenvalue weighted by Crippen LogP contribution is -2.23. The van der Waals surface area contributed by atoms with Crippen LogP contribution < -0.4 is 11.1 Å². The number of nitrogens with one attached hydrogen (secondary N) is 1. The van der Waals surface area contributed by atoms with E-state index in [1.54, 1.807) is 12.1 Å². The van der Waals surface area contributed by atoms with Crippen LogP contribution in [0.25, 0.3) is 0 Å². The standard InChI is InChI=1S/C11H16N2O/c12-11(9-4-5-13-7-9)8-2-1-3-10(14)6-8/h1-3,6,9,11,13-14H,4-5,7,12H2. The molecule has 14 heavy (non-hydrogen) atoms. The second-order valence-corrected chi connectivity index (χ2v) is 3.87. The van der Waals surface area contributed by atoms with E-state index in [-0.39, 0.29) is 6.04 Å². The van der Waals surface area contributed by atoms with E-state index in [2.05, 4.69) is 5.32 Å². The SMILES string of the molecule is NC(c1cccc(O)c1)C1CCNC1. The summed E-state index contributed by atoms with van der Waals surface area (Å²) in [6, 6.07) is 7.28. The van der Waals surface area contributed by atoms with Gasteiger partial charge in [0.15, 0.2) is 0 Å². The summed E-state index contributed by atoms with van der Waals surface area (Å²) in [4.78, 5) is 0. The molecule has 1 saturated heterocycles. The van der Waals surface area contributed by atoms with Gasteiger partial charge >= 0.3 is 0 Å². The molecule has 1 aromatic rings. The first kappa shape index (κ1) is 9.49.